The molecule has 0 unspecified atom stereocenters. The van der Waals surface area contributed by atoms with Crippen LogP contribution >= 0.6 is 11.6 Å². The number of aryl methyl sites for hydroxylation is 3. The third-order valence-corrected chi connectivity index (χ3v) is 6.78. The van der Waals surface area contributed by atoms with Crippen LogP contribution < -0.4 is 4.74 Å². The molecule has 2 aromatic heterocycles. The summed E-state index contributed by atoms with van der Waals surface area (Å²) in [7, 11) is -3.78. The average molecular weight is 428 g/mol. The van der Waals surface area contributed by atoms with Gasteiger partial charge in [-0.05, 0) is 56.2 Å². The molecule has 0 aliphatic rings. The summed E-state index contributed by atoms with van der Waals surface area (Å²) in [5.74, 6) is 0.710. The monoisotopic (exact) mass is 427 g/mol. The van der Waals surface area contributed by atoms with Crippen LogP contribution in [-0.4, -0.2) is 22.6 Å². The first-order valence-electron chi connectivity index (χ1n) is 8.87. The molecule has 6 nitrogen and oxygen atoms in total. The van der Waals surface area contributed by atoms with E-state index in [1.54, 1.807) is 42.6 Å². The van der Waals surface area contributed by atoms with Crippen LogP contribution in [-0.2, 0) is 10.0 Å². The maximum Gasteiger partial charge on any atom is 0.268 e. The van der Waals surface area contributed by atoms with E-state index in [0.717, 1.165) is 10.9 Å². The van der Waals surface area contributed by atoms with E-state index >= 15 is 0 Å². The zero-order valence-electron chi connectivity index (χ0n) is 16.0. The minimum absolute atomic E-state index is 0.261. The van der Waals surface area contributed by atoms with E-state index in [2.05, 4.69) is 10.2 Å². The molecule has 4 aromatic rings. The molecule has 2 aromatic carbocycles. The summed E-state index contributed by atoms with van der Waals surface area (Å²) in [6.07, 6.45) is 1.56. The van der Waals surface area contributed by atoms with E-state index in [1.165, 1.54) is 3.97 Å². The van der Waals surface area contributed by atoms with Crippen LogP contribution in [0.15, 0.2) is 59.6 Å². The van der Waals surface area contributed by atoms with Crippen LogP contribution in [0.25, 0.3) is 10.9 Å². The Morgan fingerprint density at radius 1 is 0.931 bits per heavy atom. The molecule has 29 heavy (non-hydrogen) atoms. The number of aromatic nitrogens is 3. The third kappa shape index (κ3) is 3.59. The number of nitrogens with zero attached hydrogens (tertiary/aromatic N) is 3. The summed E-state index contributed by atoms with van der Waals surface area (Å²) in [5, 5.41) is 8.65. The lowest BCUT2D eigenvalue weighted by Gasteiger charge is -2.14. The zero-order chi connectivity index (χ0) is 20.8. The van der Waals surface area contributed by atoms with Crippen LogP contribution in [0.2, 0.25) is 5.15 Å². The number of hydrogen-bond donors (Lipinski definition) is 0. The maximum absolute atomic E-state index is 13.5. The molecule has 4 rings (SSSR count). The highest BCUT2D eigenvalue weighted by Gasteiger charge is 2.23. The van der Waals surface area contributed by atoms with E-state index in [0.29, 0.717) is 27.3 Å². The van der Waals surface area contributed by atoms with Crippen LogP contribution in [0.4, 0.5) is 0 Å². The second kappa shape index (κ2) is 7.17. The van der Waals surface area contributed by atoms with Crippen molar-refractivity contribution in [2.45, 2.75) is 25.7 Å². The van der Waals surface area contributed by atoms with E-state index in [-0.39, 0.29) is 11.0 Å². The highest BCUT2D eigenvalue weighted by molar-refractivity contribution is 7.90. The van der Waals surface area contributed by atoms with Gasteiger partial charge in [0.2, 0.25) is 5.88 Å². The molecule has 0 N–H and O–H groups in total. The predicted molar refractivity (Wildman–Crippen MR) is 112 cm³/mol. The van der Waals surface area contributed by atoms with Gasteiger partial charge in [-0.2, -0.15) is 0 Å². The van der Waals surface area contributed by atoms with Gasteiger partial charge in [-0.15, -0.1) is 10.2 Å². The summed E-state index contributed by atoms with van der Waals surface area (Å²) < 4.78 is 33.9. The highest BCUT2D eigenvalue weighted by atomic mass is 35.5. The SMILES string of the molecule is Cc1cc(C)c(S(=O)(=O)n2ccc3ccc(Oc4ccc(Cl)nn4)cc32)c(C)c1. The van der Waals surface area contributed by atoms with Crippen molar-refractivity contribution in [3.05, 3.63) is 76.6 Å². The summed E-state index contributed by atoms with van der Waals surface area (Å²) in [5.41, 5.74) is 2.97. The van der Waals surface area contributed by atoms with Crippen molar-refractivity contribution in [3.8, 4) is 11.6 Å². The Morgan fingerprint density at radius 2 is 1.66 bits per heavy atom. The van der Waals surface area contributed by atoms with Gasteiger partial charge < -0.3 is 4.74 Å². The molecule has 0 saturated carbocycles. The smallest absolute Gasteiger partial charge is 0.268 e. The Morgan fingerprint density at radius 3 is 2.31 bits per heavy atom. The van der Waals surface area contributed by atoms with Gasteiger partial charge in [-0.3, -0.25) is 0 Å². The number of halogens is 1. The predicted octanol–water partition coefficient (Wildman–Crippen LogP) is 5.04. The summed E-state index contributed by atoms with van der Waals surface area (Å²) in [4.78, 5) is 0.315. The number of benzene rings is 2. The van der Waals surface area contributed by atoms with Crippen LogP contribution in [0, 0.1) is 20.8 Å². The van der Waals surface area contributed by atoms with Crippen molar-refractivity contribution in [3.63, 3.8) is 0 Å². The van der Waals surface area contributed by atoms with Gasteiger partial charge in [0.15, 0.2) is 5.15 Å². The molecule has 0 spiro atoms. The number of ether oxygens (including phenoxy) is 1. The largest absolute Gasteiger partial charge is 0.437 e. The molecule has 0 radical (unpaired) electrons. The minimum Gasteiger partial charge on any atom is -0.437 e. The van der Waals surface area contributed by atoms with Gasteiger partial charge in [-0.25, -0.2) is 12.4 Å². The number of rotatable bonds is 4. The lowest BCUT2D eigenvalue weighted by Crippen LogP contribution is -2.15. The van der Waals surface area contributed by atoms with Gasteiger partial charge in [0.25, 0.3) is 10.0 Å². The van der Waals surface area contributed by atoms with Crippen LogP contribution in [0.1, 0.15) is 16.7 Å². The van der Waals surface area contributed by atoms with Gasteiger partial charge >= 0.3 is 0 Å². The van der Waals surface area contributed by atoms with Gasteiger partial charge in [-0.1, -0.05) is 29.3 Å². The molecule has 8 heteroatoms. The standard InChI is InChI=1S/C21H18ClN3O3S/c1-13-10-14(2)21(15(3)11-13)29(26,27)25-9-8-16-4-5-17(12-18(16)25)28-20-7-6-19(22)23-24-20/h4-12H,1-3H3. The molecule has 0 amide bonds. The topological polar surface area (TPSA) is 74.1 Å². The normalized spacial score (nSPS) is 11.7. The van der Waals surface area contributed by atoms with Crippen LogP contribution in [0.3, 0.4) is 0 Å². The first kappa shape index (κ1) is 19.4. The number of fused-ring (bicyclic) bond motifs is 1. The Hall–Kier alpha value is -2.90. The van der Waals surface area contributed by atoms with E-state index in [4.69, 9.17) is 16.3 Å². The van der Waals surface area contributed by atoms with E-state index in [1.807, 2.05) is 32.9 Å². The lowest BCUT2D eigenvalue weighted by molar-refractivity contribution is 0.456. The molecule has 0 aliphatic heterocycles. The zero-order valence-corrected chi connectivity index (χ0v) is 17.6. The van der Waals surface area contributed by atoms with Crippen molar-refractivity contribution < 1.29 is 13.2 Å². The average Bonchev–Trinajstić information content (AvgIpc) is 3.06. The third-order valence-electron chi connectivity index (χ3n) is 4.58. The Bertz CT molecular complexity index is 1310. The van der Waals surface area contributed by atoms with Crippen molar-refractivity contribution in [2.75, 3.05) is 0 Å². The summed E-state index contributed by atoms with van der Waals surface area (Å²) in [6.45, 7) is 5.57. The molecule has 0 fully saturated rings. The molecule has 0 atom stereocenters. The molecular weight excluding hydrogens is 410 g/mol. The quantitative estimate of drug-likeness (QED) is 0.456. The second-order valence-electron chi connectivity index (χ2n) is 6.86. The molecule has 0 aliphatic carbocycles. The Kier molecular flexibility index (Phi) is 4.80. The Labute approximate surface area is 173 Å². The fourth-order valence-corrected chi connectivity index (χ4v) is 5.37. The minimum atomic E-state index is -3.78. The molecule has 2 heterocycles. The van der Waals surface area contributed by atoms with Crippen LogP contribution in [0.5, 0.6) is 11.6 Å². The lowest BCUT2D eigenvalue weighted by atomic mass is 10.1. The molecular formula is C21H18ClN3O3S. The van der Waals surface area contributed by atoms with Crippen molar-refractivity contribution in [1.29, 1.82) is 0 Å². The van der Waals surface area contributed by atoms with Gasteiger partial charge in [0.1, 0.15) is 5.75 Å². The molecule has 0 bridgehead atoms. The summed E-state index contributed by atoms with van der Waals surface area (Å²) >= 11 is 5.74. The fourth-order valence-electron chi connectivity index (χ4n) is 3.51. The van der Waals surface area contributed by atoms with Crippen molar-refractivity contribution in [1.82, 2.24) is 14.2 Å². The van der Waals surface area contributed by atoms with E-state index in [9.17, 15) is 8.42 Å². The fraction of sp³-hybridized carbons (Fsp3) is 0.143. The second-order valence-corrected chi connectivity index (χ2v) is 9.00. The van der Waals surface area contributed by atoms with Gasteiger partial charge in [0.05, 0.1) is 10.4 Å². The summed E-state index contributed by atoms with van der Waals surface area (Å²) in [6, 6.07) is 13.9. The number of hydrogen-bond acceptors (Lipinski definition) is 5. The highest BCUT2D eigenvalue weighted by Crippen LogP contribution is 2.30. The molecule has 0 saturated heterocycles. The maximum atomic E-state index is 13.5. The molecule has 148 valence electrons. The van der Waals surface area contributed by atoms with Crippen molar-refractivity contribution >= 4 is 32.5 Å². The van der Waals surface area contributed by atoms with E-state index < -0.39 is 10.0 Å². The first-order valence-corrected chi connectivity index (χ1v) is 10.7. The van der Waals surface area contributed by atoms with Crippen molar-refractivity contribution in [2.24, 2.45) is 0 Å². The van der Waals surface area contributed by atoms with Gasteiger partial charge in [0, 0.05) is 23.7 Å². The Balaban J connectivity index is 1.81. The first-order chi connectivity index (χ1) is 13.8.